The molecular weight excluding hydrogens is 472 g/mol. The second kappa shape index (κ2) is 8.72. The Morgan fingerprint density at radius 3 is 1.64 bits per heavy atom. The van der Waals surface area contributed by atoms with Crippen LogP contribution in [0.25, 0.3) is 76.9 Å². The van der Waals surface area contributed by atoms with Gasteiger partial charge in [-0.05, 0) is 79.2 Å². The van der Waals surface area contributed by atoms with Crippen molar-refractivity contribution in [2.75, 3.05) is 0 Å². The molecule has 1 aromatic heterocycles. The zero-order valence-corrected chi connectivity index (χ0v) is 21.0. The first kappa shape index (κ1) is 18.2. The van der Waals surface area contributed by atoms with Crippen molar-refractivity contribution < 1.29 is 9.90 Å². The summed E-state index contributed by atoms with van der Waals surface area (Å²) in [6.07, 6.45) is 0. The van der Waals surface area contributed by atoms with Gasteiger partial charge >= 0.3 is 0 Å². The fourth-order valence-corrected chi connectivity index (χ4v) is 5.81. The number of hydrogen-bond acceptors (Lipinski definition) is 1. The van der Waals surface area contributed by atoms with Crippen molar-refractivity contribution in [3.8, 4) is 33.4 Å². The van der Waals surface area contributed by atoms with E-state index in [4.69, 9.17) is 8.53 Å². The van der Waals surface area contributed by atoms with Gasteiger partial charge < -0.3 is 4.42 Å². The van der Waals surface area contributed by atoms with Crippen LogP contribution in [0.4, 0.5) is 0 Å². The van der Waals surface area contributed by atoms with Gasteiger partial charge in [-0.15, -0.1) is 0 Å². The molecule has 0 N–H and O–H groups in total. The minimum absolute atomic E-state index is 0.0595. The van der Waals surface area contributed by atoms with Crippen molar-refractivity contribution in [1.29, 1.82) is 0 Å². The molecule has 182 valence electrons. The number of rotatable bonds is 3. The standard InChI is InChI=1S/C38H24O/c1-2-11-25(12-3-1)37-31-16-4-6-18-33(31)38(34-19-7-5-17-32(34)37)28-14-10-13-26(23-28)27-21-22-30-29-15-8-9-20-35(29)39-36(30)24-27/h1-24H/i10D,13D,14D,23D. The fourth-order valence-electron chi connectivity index (χ4n) is 5.81. The molecule has 0 aliphatic carbocycles. The van der Waals surface area contributed by atoms with E-state index >= 15 is 0 Å². The van der Waals surface area contributed by atoms with Gasteiger partial charge in [0.05, 0.1) is 5.48 Å². The van der Waals surface area contributed by atoms with Crippen LogP contribution in [-0.2, 0) is 0 Å². The largest absolute Gasteiger partial charge is 0.456 e. The van der Waals surface area contributed by atoms with Gasteiger partial charge in [0.2, 0.25) is 0 Å². The molecule has 0 aliphatic rings. The minimum Gasteiger partial charge on any atom is -0.456 e. The van der Waals surface area contributed by atoms with Crippen LogP contribution < -0.4 is 0 Å². The summed E-state index contributed by atoms with van der Waals surface area (Å²) >= 11 is 0. The van der Waals surface area contributed by atoms with Gasteiger partial charge in [0.15, 0.2) is 0 Å². The van der Waals surface area contributed by atoms with Crippen molar-refractivity contribution in [2.45, 2.75) is 0 Å². The maximum absolute atomic E-state index is 9.53. The van der Waals surface area contributed by atoms with Gasteiger partial charge in [-0.25, -0.2) is 0 Å². The van der Waals surface area contributed by atoms with E-state index in [1.54, 1.807) is 0 Å². The SMILES string of the molecule is [2H]c1c([2H])c(-c2ccc3c(c2)oc2ccccc23)c([2H])c(-c2c3ccccc3c(-c3ccccc3)c3ccccc23)c1[2H]. The molecule has 1 heterocycles. The molecule has 1 heteroatoms. The lowest BCUT2D eigenvalue weighted by atomic mass is 9.85. The van der Waals surface area contributed by atoms with E-state index < -0.39 is 0 Å². The van der Waals surface area contributed by atoms with Crippen molar-refractivity contribution in [3.63, 3.8) is 0 Å². The van der Waals surface area contributed by atoms with Crippen LogP contribution in [0.2, 0.25) is 0 Å². The molecule has 8 aromatic rings. The molecule has 0 saturated heterocycles. The Morgan fingerprint density at radius 1 is 0.410 bits per heavy atom. The Bertz CT molecular complexity index is 2330. The van der Waals surface area contributed by atoms with E-state index in [-0.39, 0.29) is 24.2 Å². The second-order valence-electron chi connectivity index (χ2n) is 9.77. The summed E-state index contributed by atoms with van der Waals surface area (Å²) < 4.78 is 42.5. The molecule has 1 nitrogen and oxygen atoms in total. The first-order chi connectivity index (χ1) is 21.0. The van der Waals surface area contributed by atoms with E-state index in [0.717, 1.165) is 54.6 Å². The quantitative estimate of drug-likeness (QED) is 0.220. The highest BCUT2D eigenvalue weighted by Gasteiger charge is 2.17. The van der Waals surface area contributed by atoms with Crippen LogP contribution in [0.5, 0.6) is 0 Å². The summed E-state index contributed by atoms with van der Waals surface area (Å²) in [6.45, 7) is 0. The Kier molecular flexibility index (Phi) is 4.06. The molecule has 39 heavy (non-hydrogen) atoms. The normalized spacial score (nSPS) is 13.0. The molecule has 0 bridgehead atoms. The smallest absolute Gasteiger partial charge is 0.136 e. The molecule has 0 amide bonds. The van der Waals surface area contributed by atoms with E-state index in [1.165, 1.54) is 0 Å². The predicted molar refractivity (Wildman–Crippen MR) is 165 cm³/mol. The van der Waals surface area contributed by atoms with Crippen LogP contribution in [0.15, 0.2) is 150 Å². The van der Waals surface area contributed by atoms with E-state index in [9.17, 15) is 1.37 Å². The minimum atomic E-state index is -0.203. The average Bonchev–Trinajstić information content (AvgIpc) is 3.42. The Balaban J connectivity index is 1.47. The Labute approximate surface area is 232 Å². The molecule has 0 spiro atoms. The first-order valence-corrected chi connectivity index (χ1v) is 13.0. The zero-order chi connectivity index (χ0) is 29.2. The van der Waals surface area contributed by atoms with Gasteiger partial charge in [0, 0.05) is 10.8 Å². The summed E-state index contributed by atoms with van der Waals surface area (Å²) in [5, 5.41) is 5.77. The highest BCUT2D eigenvalue weighted by Crippen LogP contribution is 2.44. The highest BCUT2D eigenvalue weighted by molar-refractivity contribution is 6.21. The summed E-state index contributed by atoms with van der Waals surface area (Å²) in [7, 11) is 0. The third-order valence-corrected chi connectivity index (χ3v) is 7.54. The van der Waals surface area contributed by atoms with Crippen molar-refractivity contribution >= 4 is 43.5 Å². The lowest BCUT2D eigenvalue weighted by molar-refractivity contribution is 0.669. The Morgan fingerprint density at radius 2 is 0.949 bits per heavy atom. The first-order valence-electron chi connectivity index (χ1n) is 15.0. The number of para-hydroxylation sites is 1. The monoisotopic (exact) mass is 500 g/mol. The number of benzene rings is 7. The molecule has 0 aliphatic heterocycles. The van der Waals surface area contributed by atoms with E-state index in [1.807, 2.05) is 97.1 Å². The average molecular weight is 501 g/mol. The third kappa shape index (κ3) is 3.48. The van der Waals surface area contributed by atoms with Crippen LogP contribution in [0.1, 0.15) is 5.48 Å². The van der Waals surface area contributed by atoms with Crippen LogP contribution in [-0.4, -0.2) is 0 Å². The summed E-state index contributed by atoms with van der Waals surface area (Å²) in [6, 6.07) is 39.6. The number of fused-ring (bicyclic) bond motifs is 5. The molecule has 0 radical (unpaired) electrons. The van der Waals surface area contributed by atoms with Crippen molar-refractivity contribution in [3.05, 3.63) is 145 Å². The zero-order valence-electron chi connectivity index (χ0n) is 25.0. The van der Waals surface area contributed by atoms with Gasteiger partial charge in [0.1, 0.15) is 11.2 Å². The number of furan rings is 1. The third-order valence-electron chi connectivity index (χ3n) is 7.54. The van der Waals surface area contributed by atoms with Gasteiger partial charge in [-0.2, -0.15) is 0 Å². The Hall–Kier alpha value is -5.14. The molecule has 0 fully saturated rings. The van der Waals surface area contributed by atoms with Crippen LogP contribution in [0.3, 0.4) is 0 Å². The van der Waals surface area contributed by atoms with E-state index in [2.05, 4.69) is 24.3 Å². The highest BCUT2D eigenvalue weighted by atomic mass is 16.3. The molecule has 8 rings (SSSR count). The molecule has 0 atom stereocenters. The fraction of sp³-hybridized carbons (Fsp3) is 0. The predicted octanol–water partition coefficient (Wildman–Crippen LogP) is 10.9. The van der Waals surface area contributed by atoms with Crippen LogP contribution in [0, 0.1) is 0 Å². The maximum Gasteiger partial charge on any atom is 0.136 e. The van der Waals surface area contributed by atoms with Gasteiger partial charge in [-0.1, -0.05) is 121 Å². The van der Waals surface area contributed by atoms with Gasteiger partial charge in [-0.3, -0.25) is 0 Å². The lowest BCUT2D eigenvalue weighted by Gasteiger charge is -2.18. The molecule has 7 aromatic carbocycles. The van der Waals surface area contributed by atoms with Crippen molar-refractivity contribution in [1.82, 2.24) is 0 Å². The summed E-state index contributed by atoms with van der Waals surface area (Å²) in [5.74, 6) is 0. The van der Waals surface area contributed by atoms with Crippen LogP contribution >= 0.6 is 0 Å². The van der Waals surface area contributed by atoms with E-state index in [0.29, 0.717) is 22.3 Å². The summed E-state index contributed by atoms with van der Waals surface area (Å²) in [5.41, 5.74) is 5.63. The molecule has 0 saturated carbocycles. The number of hydrogen-bond donors (Lipinski definition) is 0. The maximum atomic E-state index is 9.53. The van der Waals surface area contributed by atoms with Crippen molar-refractivity contribution in [2.24, 2.45) is 0 Å². The molecular formula is C38H24O. The molecule has 0 unspecified atom stereocenters. The summed E-state index contributed by atoms with van der Waals surface area (Å²) in [4.78, 5) is 0. The van der Waals surface area contributed by atoms with Gasteiger partial charge in [0.25, 0.3) is 0 Å². The topological polar surface area (TPSA) is 13.1 Å². The lowest BCUT2D eigenvalue weighted by Crippen LogP contribution is -1.91. The second-order valence-corrected chi connectivity index (χ2v) is 9.77.